The quantitative estimate of drug-likeness (QED) is 0.792. The van der Waals surface area contributed by atoms with E-state index in [1.807, 2.05) is 29.0 Å². The van der Waals surface area contributed by atoms with Crippen LogP contribution in [0.2, 0.25) is 0 Å². The van der Waals surface area contributed by atoms with Gasteiger partial charge in [-0.05, 0) is 12.1 Å². The minimum Gasteiger partial charge on any atom is -0.469 e. The van der Waals surface area contributed by atoms with Crippen molar-refractivity contribution in [3.63, 3.8) is 0 Å². The molecular formula is C16H17NO5. The third-order valence-corrected chi connectivity index (χ3v) is 3.75. The molecule has 0 fully saturated rings. The minimum atomic E-state index is -0.430. The summed E-state index contributed by atoms with van der Waals surface area (Å²) in [5.41, 5.74) is 0.906. The van der Waals surface area contributed by atoms with Crippen LogP contribution >= 0.6 is 0 Å². The molecule has 0 bridgehead atoms. The highest BCUT2D eigenvalue weighted by Crippen LogP contribution is 2.36. The first-order valence-electron chi connectivity index (χ1n) is 7.06. The number of Topliss-reactive ketones (excluding diaryl/α,β-unsaturated/α-hetero) is 1. The predicted octanol–water partition coefficient (Wildman–Crippen LogP) is 2.14. The molecule has 116 valence electrons. The zero-order chi connectivity index (χ0) is 15.7. The molecule has 1 aliphatic rings. The van der Waals surface area contributed by atoms with Crippen LogP contribution in [0.1, 0.15) is 13.3 Å². The van der Waals surface area contributed by atoms with E-state index >= 15 is 0 Å². The van der Waals surface area contributed by atoms with Crippen LogP contribution in [0.15, 0.2) is 24.4 Å². The number of carbonyl (C=O) groups excluding carboxylic acids is 2. The van der Waals surface area contributed by atoms with Gasteiger partial charge in [0.25, 0.3) is 0 Å². The Morgan fingerprint density at radius 2 is 2.05 bits per heavy atom. The van der Waals surface area contributed by atoms with E-state index in [1.165, 1.54) is 7.11 Å². The second kappa shape index (κ2) is 5.71. The van der Waals surface area contributed by atoms with Gasteiger partial charge in [-0.15, -0.1) is 0 Å². The first-order valence-corrected chi connectivity index (χ1v) is 7.06. The second-order valence-corrected chi connectivity index (χ2v) is 5.37. The minimum absolute atomic E-state index is 0.0203. The highest BCUT2D eigenvalue weighted by atomic mass is 16.7. The molecule has 0 amide bonds. The average Bonchev–Trinajstić information content (AvgIpc) is 3.10. The van der Waals surface area contributed by atoms with E-state index in [9.17, 15) is 9.59 Å². The molecule has 3 rings (SSSR count). The molecular weight excluding hydrogens is 286 g/mol. The number of esters is 1. The molecule has 0 N–H and O–H groups in total. The number of rotatable bonds is 5. The van der Waals surface area contributed by atoms with Gasteiger partial charge in [0.2, 0.25) is 6.79 Å². The van der Waals surface area contributed by atoms with Gasteiger partial charge in [0.15, 0.2) is 17.3 Å². The molecule has 1 aromatic carbocycles. The Bertz CT molecular complexity index is 733. The zero-order valence-electron chi connectivity index (χ0n) is 12.5. The van der Waals surface area contributed by atoms with E-state index in [1.54, 1.807) is 6.92 Å². The summed E-state index contributed by atoms with van der Waals surface area (Å²) in [5.74, 6) is 0.584. The molecule has 0 aliphatic carbocycles. The van der Waals surface area contributed by atoms with Gasteiger partial charge in [-0.1, -0.05) is 6.92 Å². The Morgan fingerprint density at radius 1 is 1.32 bits per heavy atom. The number of hydrogen-bond acceptors (Lipinski definition) is 5. The number of ether oxygens (including phenoxy) is 3. The van der Waals surface area contributed by atoms with Crippen molar-refractivity contribution in [2.24, 2.45) is 5.92 Å². The standard InChI is InChI=1S/C16H17NO5/c1-10(16(19)20-2)5-12(18)8-17-4-3-11-6-14-15(7-13(11)17)22-9-21-14/h3-4,6-7,10H,5,8-9H2,1-2H3. The molecule has 2 heterocycles. The number of methoxy groups -OCH3 is 1. The van der Waals surface area contributed by atoms with Gasteiger partial charge in [-0.25, -0.2) is 0 Å². The van der Waals surface area contributed by atoms with Gasteiger partial charge in [0.1, 0.15) is 0 Å². The van der Waals surface area contributed by atoms with Crippen molar-refractivity contribution < 1.29 is 23.8 Å². The molecule has 22 heavy (non-hydrogen) atoms. The smallest absolute Gasteiger partial charge is 0.308 e. The van der Waals surface area contributed by atoms with Gasteiger partial charge in [0, 0.05) is 24.1 Å². The summed E-state index contributed by atoms with van der Waals surface area (Å²) in [6.07, 6.45) is 2.01. The van der Waals surface area contributed by atoms with E-state index in [0.29, 0.717) is 5.75 Å². The second-order valence-electron chi connectivity index (χ2n) is 5.37. The van der Waals surface area contributed by atoms with Crippen molar-refractivity contribution in [2.75, 3.05) is 13.9 Å². The summed E-state index contributed by atoms with van der Waals surface area (Å²) in [6, 6.07) is 5.69. The number of ketones is 1. The third kappa shape index (κ3) is 2.64. The Hall–Kier alpha value is -2.50. The predicted molar refractivity (Wildman–Crippen MR) is 78.9 cm³/mol. The summed E-state index contributed by atoms with van der Waals surface area (Å²) in [5, 5.41) is 0.984. The Morgan fingerprint density at radius 3 is 2.77 bits per heavy atom. The fourth-order valence-corrected chi connectivity index (χ4v) is 2.60. The van der Waals surface area contributed by atoms with E-state index in [2.05, 4.69) is 4.74 Å². The van der Waals surface area contributed by atoms with Crippen LogP contribution in [0, 0.1) is 5.92 Å². The van der Waals surface area contributed by atoms with Crippen molar-refractivity contribution in [1.29, 1.82) is 0 Å². The Kier molecular flexibility index (Phi) is 3.75. The normalized spacial score (nSPS) is 14.1. The van der Waals surface area contributed by atoms with E-state index < -0.39 is 5.92 Å². The Balaban J connectivity index is 1.77. The lowest BCUT2D eigenvalue weighted by Gasteiger charge is -2.09. The molecule has 0 spiro atoms. The maximum Gasteiger partial charge on any atom is 0.308 e. The van der Waals surface area contributed by atoms with Crippen LogP contribution in [0.4, 0.5) is 0 Å². The van der Waals surface area contributed by atoms with E-state index in [4.69, 9.17) is 9.47 Å². The molecule has 6 nitrogen and oxygen atoms in total. The summed E-state index contributed by atoms with van der Waals surface area (Å²) < 4.78 is 17.2. The fraction of sp³-hybridized carbons (Fsp3) is 0.375. The number of fused-ring (bicyclic) bond motifs is 2. The van der Waals surface area contributed by atoms with Crippen molar-refractivity contribution in [3.8, 4) is 11.5 Å². The first kappa shape index (κ1) is 14.4. The average molecular weight is 303 g/mol. The molecule has 0 radical (unpaired) electrons. The van der Waals surface area contributed by atoms with Gasteiger partial charge in [0.05, 0.1) is 25.1 Å². The number of hydrogen-bond donors (Lipinski definition) is 0. The number of benzene rings is 1. The van der Waals surface area contributed by atoms with Gasteiger partial charge < -0.3 is 18.8 Å². The number of carbonyl (C=O) groups is 2. The summed E-state index contributed by atoms with van der Waals surface area (Å²) in [6.45, 7) is 2.12. The Labute approximate surface area is 127 Å². The van der Waals surface area contributed by atoms with Crippen LogP contribution in [0.3, 0.4) is 0 Å². The molecule has 0 saturated carbocycles. The SMILES string of the molecule is COC(=O)C(C)CC(=O)Cn1ccc2cc3c(cc21)OCO3. The molecule has 1 atom stereocenters. The van der Waals surface area contributed by atoms with E-state index in [-0.39, 0.29) is 31.5 Å². The van der Waals surface area contributed by atoms with Crippen LogP contribution in [-0.4, -0.2) is 30.2 Å². The molecule has 0 saturated heterocycles. The lowest BCUT2D eigenvalue weighted by molar-refractivity contribution is -0.146. The summed E-state index contributed by atoms with van der Waals surface area (Å²) in [7, 11) is 1.32. The number of aromatic nitrogens is 1. The third-order valence-electron chi connectivity index (χ3n) is 3.75. The monoisotopic (exact) mass is 303 g/mol. The largest absolute Gasteiger partial charge is 0.469 e. The summed E-state index contributed by atoms with van der Waals surface area (Å²) >= 11 is 0. The molecule has 6 heteroatoms. The van der Waals surface area contributed by atoms with Gasteiger partial charge in [-0.2, -0.15) is 0 Å². The van der Waals surface area contributed by atoms with Gasteiger partial charge in [-0.3, -0.25) is 9.59 Å². The topological polar surface area (TPSA) is 66.8 Å². The first-order chi connectivity index (χ1) is 10.6. The van der Waals surface area contributed by atoms with Gasteiger partial charge >= 0.3 is 5.97 Å². The fourth-order valence-electron chi connectivity index (χ4n) is 2.60. The zero-order valence-corrected chi connectivity index (χ0v) is 12.5. The van der Waals surface area contributed by atoms with Crippen molar-refractivity contribution in [3.05, 3.63) is 24.4 Å². The lowest BCUT2D eigenvalue weighted by atomic mass is 10.1. The van der Waals surface area contributed by atoms with Crippen LogP contribution < -0.4 is 9.47 Å². The van der Waals surface area contributed by atoms with E-state index in [0.717, 1.165) is 16.7 Å². The van der Waals surface area contributed by atoms with Crippen molar-refractivity contribution >= 4 is 22.7 Å². The van der Waals surface area contributed by atoms with Crippen LogP contribution in [0.5, 0.6) is 11.5 Å². The highest BCUT2D eigenvalue weighted by Gasteiger charge is 2.19. The maximum atomic E-state index is 12.1. The highest BCUT2D eigenvalue weighted by molar-refractivity contribution is 5.88. The van der Waals surface area contributed by atoms with Crippen molar-refractivity contribution in [2.45, 2.75) is 19.9 Å². The van der Waals surface area contributed by atoms with Crippen LogP contribution in [0.25, 0.3) is 10.9 Å². The van der Waals surface area contributed by atoms with Crippen molar-refractivity contribution in [1.82, 2.24) is 4.57 Å². The number of nitrogens with zero attached hydrogens (tertiary/aromatic N) is 1. The molecule has 1 aromatic heterocycles. The molecule has 2 aromatic rings. The maximum absolute atomic E-state index is 12.1. The lowest BCUT2D eigenvalue weighted by Crippen LogP contribution is -2.19. The molecule has 1 aliphatic heterocycles. The molecule has 1 unspecified atom stereocenters. The van der Waals surface area contributed by atoms with Crippen LogP contribution in [-0.2, 0) is 20.9 Å². The summed E-state index contributed by atoms with van der Waals surface area (Å²) in [4.78, 5) is 23.5.